The maximum absolute atomic E-state index is 10.9. The average Bonchev–Trinajstić information content (AvgIpc) is 2.39. The summed E-state index contributed by atoms with van der Waals surface area (Å²) < 4.78 is 0. The minimum absolute atomic E-state index is 0.405. The van der Waals surface area contributed by atoms with Crippen molar-refractivity contribution in [2.24, 2.45) is 0 Å². The lowest BCUT2D eigenvalue weighted by Crippen LogP contribution is -2.51. The zero-order valence-electron chi connectivity index (χ0n) is 10.3. The Bertz CT molecular complexity index is 414. The van der Waals surface area contributed by atoms with E-state index in [1.54, 1.807) is 6.92 Å². The molecule has 2 rings (SSSR count). The van der Waals surface area contributed by atoms with Crippen molar-refractivity contribution in [2.45, 2.75) is 13.0 Å². The van der Waals surface area contributed by atoms with Crippen LogP contribution in [0.3, 0.4) is 0 Å². The molecule has 18 heavy (non-hydrogen) atoms. The Morgan fingerprint density at radius 1 is 1.22 bits per heavy atom. The van der Waals surface area contributed by atoms with E-state index in [2.05, 4.69) is 4.90 Å². The summed E-state index contributed by atoms with van der Waals surface area (Å²) in [5.74, 6) is -0.755. The Kier molecular flexibility index (Phi) is 4.09. The van der Waals surface area contributed by atoms with Gasteiger partial charge in [-0.2, -0.15) is 0 Å². The molecule has 0 spiro atoms. The van der Waals surface area contributed by atoms with Crippen LogP contribution in [0.4, 0.5) is 5.69 Å². The standard InChI is InChI=1S/C13H17ClN2O2/c1-10(13(17)18)15-6-8-16(9-7-15)12-4-2-11(14)3-5-12/h2-5,10H,6-9H2,1H3,(H,17,18)/t10-/m0/s1. The molecule has 0 aliphatic carbocycles. The second-order valence-electron chi connectivity index (χ2n) is 4.51. The topological polar surface area (TPSA) is 43.8 Å². The van der Waals surface area contributed by atoms with Crippen molar-refractivity contribution in [1.29, 1.82) is 0 Å². The van der Waals surface area contributed by atoms with E-state index in [9.17, 15) is 4.79 Å². The first-order valence-electron chi connectivity index (χ1n) is 6.05. The first kappa shape index (κ1) is 13.2. The Balaban J connectivity index is 1.94. The number of benzene rings is 1. The van der Waals surface area contributed by atoms with Gasteiger partial charge in [-0.05, 0) is 31.2 Å². The highest BCUT2D eigenvalue weighted by atomic mass is 35.5. The number of hydrogen-bond donors (Lipinski definition) is 1. The number of aliphatic carboxylic acids is 1. The zero-order chi connectivity index (χ0) is 13.1. The van der Waals surface area contributed by atoms with Crippen LogP contribution in [-0.4, -0.2) is 48.2 Å². The molecule has 4 nitrogen and oxygen atoms in total. The maximum Gasteiger partial charge on any atom is 0.320 e. The minimum Gasteiger partial charge on any atom is -0.480 e. The molecule has 1 heterocycles. The van der Waals surface area contributed by atoms with Gasteiger partial charge >= 0.3 is 5.97 Å². The molecule has 0 unspecified atom stereocenters. The summed E-state index contributed by atoms with van der Waals surface area (Å²) in [5, 5.41) is 9.71. The van der Waals surface area contributed by atoms with Crippen LogP contribution in [0.25, 0.3) is 0 Å². The van der Waals surface area contributed by atoms with Gasteiger partial charge in [-0.1, -0.05) is 11.6 Å². The van der Waals surface area contributed by atoms with Crippen LogP contribution in [0.2, 0.25) is 5.02 Å². The fourth-order valence-corrected chi connectivity index (χ4v) is 2.30. The number of carboxylic acid groups (broad SMARTS) is 1. The van der Waals surface area contributed by atoms with Crippen molar-refractivity contribution in [1.82, 2.24) is 4.90 Å². The van der Waals surface area contributed by atoms with E-state index in [1.807, 2.05) is 29.2 Å². The normalized spacial score (nSPS) is 18.7. The Hall–Kier alpha value is -1.26. The van der Waals surface area contributed by atoms with E-state index in [1.165, 1.54) is 0 Å². The molecule has 1 aliphatic rings. The summed E-state index contributed by atoms with van der Waals surface area (Å²) in [6.45, 7) is 4.98. The van der Waals surface area contributed by atoms with Crippen LogP contribution in [-0.2, 0) is 4.79 Å². The van der Waals surface area contributed by atoms with E-state index < -0.39 is 12.0 Å². The molecule has 1 atom stereocenters. The quantitative estimate of drug-likeness (QED) is 0.910. The SMILES string of the molecule is C[C@@H](C(=O)O)N1CCN(c2ccc(Cl)cc2)CC1. The monoisotopic (exact) mass is 268 g/mol. The number of rotatable bonds is 3. The highest BCUT2D eigenvalue weighted by Gasteiger charge is 2.25. The van der Waals surface area contributed by atoms with Gasteiger partial charge in [0.2, 0.25) is 0 Å². The van der Waals surface area contributed by atoms with Gasteiger partial charge in [0, 0.05) is 36.9 Å². The summed E-state index contributed by atoms with van der Waals surface area (Å²) in [6.07, 6.45) is 0. The highest BCUT2D eigenvalue weighted by Crippen LogP contribution is 2.19. The van der Waals surface area contributed by atoms with Crippen molar-refractivity contribution in [2.75, 3.05) is 31.1 Å². The summed E-state index contributed by atoms with van der Waals surface area (Å²) in [7, 11) is 0. The molecular weight excluding hydrogens is 252 g/mol. The minimum atomic E-state index is -0.755. The second kappa shape index (κ2) is 5.59. The van der Waals surface area contributed by atoms with Gasteiger partial charge in [0.1, 0.15) is 6.04 Å². The van der Waals surface area contributed by atoms with Gasteiger partial charge in [-0.15, -0.1) is 0 Å². The molecule has 1 saturated heterocycles. The summed E-state index contributed by atoms with van der Waals surface area (Å²) in [6, 6.07) is 7.35. The lowest BCUT2D eigenvalue weighted by molar-refractivity contribution is -0.142. The first-order valence-corrected chi connectivity index (χ1v) is 6.43. The first-order chi connectivity index (χ1) is 8.58. The number of piperazine rings is 1. The van der Waals surface area contributed by atoms with E-state index in [4.69, 9.17) is 16.7 Å². The van der Waals surface area contributed by atoms with Crippen molar-refractivity contribution in [3.05, 3.63) is 29.3 Å². The average molecular weight is 269 g/mol. The molecule has 98 valence electrons. The third kappa shape index (κ3) is 2.94. The molecule has 1 aromatic carbocycles. The number of carbonyl (C=O) groups is 1. The maximum atomic E-state index is 10.9. The van der Waals surface area contributed by atoms with Crippen LogP contribution in [0.5, 0.6) is 0 Å². The number of halogens is 1. The molecule has 1 aromatic rings. The smallest absolute Gasteiger partial charge is 0.320 e. The molecule has 0 aromatic heterocycles. The fourth-order valence-electron chi connectivity index (χ4n) is 2.18. The van der Waals surface area contributed by atoms with Crippen LogP contribution < -0.4 is 4.90 Å². The van der Waals surface area contributed by atoms with E-state index in [-0.39, 0.29) is 0 Å². The van der Waals surface area contributed by atoms with Gasteiger partial charge < -0.3 is 10.0 Å². The number of nitrogens with zero attached hydrogens (tertiary/aromatic N) is 2. The van der Waals surface area contributed by atoms with Crippen molar-refractivity contribution in [3.63, 3.8) is 0 Å². The lowest BCUT2D eigenvalue weighted by Gasteiger charge is -2.37. The van der Waals surface area contributed by atoms with E-state index >= 15 is 0 Å². The Morgan fingerprint density at radius 2 is 1.78 bits per heavy atom. The lowest BCUT2D eigenvalue weighted by atomic mass is 10.2. The van der Waals surface area contributed by atoms with Crippen molar-refractivity contribution >= 4 is 23.3 Å². The summed E-state index contributed by atoms with van der Waals surface area (Å²) in [4.78, 5) is 15.2. The van der Waals surface area contributed by atoms with Gasteiger partial charge in [-0.3, -0.25) is 9.69 Å². The predicted octanol–water partition coefficient (Wildman–Crippen LogP) is 1.94. The van der Waals surface area contributed by atoms with Gasteiger partial charge in [0.15, 0.2) is 0 Å². The molecule has 1 aliphatic heterocycles. The third-order valence-electron chi connectivity index (χ3n) is 3.41. The Morgan fingerprint density at radius 3 is 2.28 bits per heavy atom. The van der Waals surface area contributed by atoms with Gasteiger partial charge in [0.25, 0.3) is 0 Å². The van der Waals surface area contributed by atoms with Gasteiger partial charge in [0.05, 0.1) is 0 Å². The van der Waals surface area contributed by atoms with E-state index in [0.717, 1.165) is 36.9 Å². The van der Waals surface area contributed by atoms with Crippen LogP contribution >= 0.6 is 11.6 Å². The van der Waals surface area contributed by atoms with Crippen molar-refractivity contribution < 1.29 is 9.90 Å². The fraction of sp³-hybridized carbons (Fsp3) is 0.462. The highest BCUT2D eigenvalue weighted by molar-refractivity contribution is 6.30. The van der Waals surface area contributed by atoms with Crippen LogP contribution in [0, 0.1) is 0 Å². The Labute approximate surface area is 112 Å². The molecule has 0 bridgehead atoms. The van der Waals surface area contributed by atoms with E-state index in [0.29, 0.717) is 0 Å². The zero-order valence-corrected chi connectivity index (χ0v) is 11.1. The molecule has 0 amide bonds. The molecule has 0 radical (unpaired) electrons. The van der Waals surface area contributed by atoms with Gasteiger partial charge in [-0.25, -0.2) is 0 Å². The second-order valence-corrected chi connectivity index (χ2v) is 4.95. The third-order valence-corrected chi connectivity index (χ3v) is 3.66. The summed E-state index contributed by atoms with van der Waals surface area (Å²) in [5.41, 5.74) is 1.14. The number of anilines is 1. The molecule has 1 N–H and O–H groups in total. The largest absolute Gasteiger partial charge is 0.480 e. The van der Waals surface area contributed by atoms with Crippen molar-refractivity contribution in [3.8, 4) is 0 Å². The molecule has 1 fully saturated rings. The summed E-state index contributed by atoms with van der Waals surface area (Å²) >= 11 is 5.86. The number of carboxylic acids is 1. The predicted molar refractivity (Wildman–Crippen MR) is 72.3 cm³/mol. The molecule has 5 heteroatoms. The van der Waals surface area contributed by atoms with Crippen LogP contribution in [0.15, 0.2) is 24.3 Å². The van der Waals surface area contributed by atoms with Crippen LogP contribution in [0.1, 0.15) is 6.92 Å². The number of hydrogen-bond acceptors (Lipinski definition) is 3. The molecular formula is C13H17ClN2O2. The molecule has 0 saturated carbocycles.